The first kappa shape index (κ1) is 17.4. The summed E-state index contributed by atoms with van der Waals surface area (Å²) < 4.78 is 7.05. The molecule has 0 aliphatic carbocycles. The number of aryl methyl sites for hydroxylation is 1. The lowest BCUT2D eigenvalue weighted by molar-refractivity contribution is 0.0575. The van der Waals surface area contributed by atoms with Gasteiger partial charge in [0.1, 0.15) is 5.82 Å². The van der Waals surface area contributed by atoms with Crippen molar-refractivity contribution in [1.82, 2.24) is 14.7 Å². The van der Waals surface area contributed by atoms with E-state index in [1.165, 1.54) is 0 Å². The maximum Gasteiger partial charge on any atom is 0.323 e. The number of carbonyl (C=O) groups excluding carboxylic acids is 1. The summed E-state index contributed by atoms with van der Waals surface area (Å²) in [5.41, 5.74) is 2.78. The molecule has 0 saturated carbocycles. The van der Waals surface area contributed by atoms with Crippen LogP contribution >= 0.6 is 0 Å². The maximum atomic E-state index is 12.7. The number of ether oxygens (including phenoxy) is 1. The molecular formula is C18H24N4O3. The molecule has 7 heteroatoms. The van der Waals surface area contributed by atoms with Crippen LogP contribution in [0.4, 0.5) is 10.6 Å². The summed E-state index contributed by atoms with van der Waals surface area (Å²) in [6, 6.07) is 9.46. The zero-order valence-electron chi connectivity index (χ0n) is 14.6. The van der Waals surface area contributed by atoms with Crippen LogP contribution in [0.3, 0.4) is 0 Å². The van der Waals surface area contributed by atoms with Crippen LogP contribution in [0.15, 0.2) is 30.3 Å². The van der Waals surface area contributed by atoms with Gasteiger partial charge in [-0.15, -0.1) is 0 Å². The Morgan fingerprint density at radius 1 is 1.40 bits per heavy atom. The summed E-state index contributed by atoms with van der Waals surface area (Å²) >= 11 is 0. The van der Waals surface area contributed by atoms with Crippen LogP contribution < -0.4 is 5.32 Å². The van der Waals surface area contributed by atoms with Gasteiger partial charge in [-0.2, -0.15) is 5.10 Å². The molecule has 1 saturated heterocycles. The minimum absolute atomic E-state index is 0.255. The third kappa shape index (κ3) is 3.83. The van der Waals surface area contributed by atoms with Crippen LogP contribution in [-0.4, -0.2) is 58.2 Å². The van der Waals surface area contributed by atoms with Crippen molar-refractivity contribution in [3.8, 4) is 5.69 Å². The molecule has 2 amide bonds. The molecule has 2 heterocycles. The van der Waals surface area contributed by atoms with E-state index >= 15 is 0 Å². The van der Waals surface area contributed by atoms with Gasteiger partial charge in [-0.3, -0.25) is 5.32 Å². The molecule has 1 atom stereocenters. The molecule has 2 aromatic rings. The second-order valence-corrected chi connectivity index (χ2v) is 6.13. The molecule has 0 spiro atoms. The standard InChI is InChI=1S/C18H24N4O3/c1-3-16-13(2)17(22(20-16)14-7-5-4-6-8-14)19-18(24)21-9-10-25-12-15(23)11-21/h4-8,15,23H,3,9-12H2,1-2H3,(H,19,24)/t15-/m0/s1. The summed E-state index contributed by atoms with van der Waals surface area (Å²) in [4.78, 5) is 14.3. The van der Waals surface area contributed by atoms with E-state index in [0.717, 1.165) is 23.4 Å². The Labute approximate surface area is 147 Å². The fourth-order valence-corrected chi connectivity index (χ4v) is 2.94. The lowest BCUT2D eigenvalue weighted by Crippen LogP contribution is -2.40. The zero-order valence-corrected chi connectivity index (χ0v) is 14.6. The highest BCUT2D eigenvalue weighted by Crippen LogP contribution is 2.24. The molecule has 2 N–H and O–H groups in total. The van der Waals surface area contributed by atoms with E-state index in [1.807, 2.05) is 44.2 Å². The third-order valence-electron chi connectivity index (χ3n) is 4.32. The van der Waals surface area contributed by atoms with Crippen LogP contribution in [0, 0.1) is 6.92 Å². The van der Waals surface area contributed by atoms with Gasteiger partial charge >= 0.3 is 6.03 Å². The second kappa shape index (κ2) is 7.67. The largest absolute Gasteiger partial charge is 0.389 e. The Morgan fingerprint density at radius 3 is 2.88 bits per heavy atom. The zero-order chi connectivity index (χ0) is 17.8. The predicted molar refractivity (Wildman–Crippen MR) is 95.1 cm³/mol. The molecule has 1 aromatic heterocycles. The number of hydrogen-bond donors (Lipinski definition) is 2. The van der Waals surface area contributed by atoms with E-state index in [9.17, 15) is 9.90 Å². The van der Waals surface area contributed by atoms with Gasteiger partial charge in [-0.05, 0) is 25.5 Å². The number of β-amino-alcohol motifs (C(OH)–C–C–N with tert-alkyl or cyclic N) is 1. The summed E-state index contributed by atoms with van der Waals surface area (Å²) in [6.45, 7) is 5.37. The highest BCUT2D eigenvalue weighted by atomic mass is 16.5. The van der Waals surface area contributed by atoms with E-state index in [0.29, 0.717) is 19.0 Å². The first-order valence-corrected chi connectivity index (χ1v) is 8.55. The Balaban J connectivity index is 1.88. The van der Waals surface area contributed by atoms with Crippen molar-refractivity contribution < 1.29 is 14.6 Å². The van der Waals surface area contributed by atoms with Crippen LogP contribution in [0.5, 0.6) is 0 Å². The van der Waals surface area contributed by atoms with E-state index in [4.69, 9.17) is 4.74 Å². The van der Waals surface area contributed by atoms with Crippen LogP contribution in [-0.2, 0) is 11.2 Å². The lowest BCUT2D eigenvalue weighted by atomic mass is 10.2. The molecule has 1 aromatic carbocycles. The average molecular weight is 344 g/mol. The molecular weight excluding hydrogens is 320 g/mol. The van der Waals surface area contributed by atoms with Crippen molar-refractivity contribution in [3.05, 3.63) is 41.6 Å². The number of anilines is 1. The Bertz CT molecular complexity index is 729. The number of benzene rings is 1. The molecule has 25 heavy (non-hydrogen) atoms. The monoisotopic (exact) mass is 344 g/mol. The lowest BCUT2D eigenvalue weighted by Gasteiger charge is -2.22. The Morgan fingerprint density at radius 2 is 2.16 bits per heavy atom. The molecule has 3 rings (SSSR count). The predicted octanol–water partition coefficient (Wildman–Crippen LogP) is 1.97. The minimum Gasteiger partial charge on any atom is -0.389 e. The molecule has 7 nitrogen and oxygen atoms in total. The molecule has 1 fully saturated rings. The summed E-state index contributed by atoms with van der Waals surface area (Å²) in [5, 5.41) is 17.5. The van der Waals surface area contributed by atoms with Crippen molar-refractivity contribution in [2.24, 2.45) is 0 Å². The molecule has 0 radical (unpaired) electrons. The van der Waals surface area contributed by atoms with Crippen LogP contribution in [0.1, 0.15) is 18.2 Å². The number of amides is 2. The van der Waals surface area contributed by atoms with Gasteiger partial charge in [0, 0.05) is 12.1 Å². The van der Waals surface area contributed by atoms with Gasteiger partial charge < -0.3 is 14.7 Å². The number of aliphatic hydroxyl groups is 1. The fraction of sp³-hybridized carbons (Fsp3) is 0.444. The molecule has 0 bridgehead atoms. The van der Waals surface area contributed by atoms with E-state index in [2.05, 4.69) is 10.4 Å². The number of urea groups is 1. The highest BCUT2D eigenvalue weighted by molar-refractivity contribution is 5.89. The van der Waals surface area contributed by atoms with Crippen molar-refractivity contribution in [2.75, 3.05) is 31.6 Å². The second-order valence-electron chi connectivity index (χ2n) is 6.13. The topological polar surface area (TPSA) is 79.6 Å². The molecule has 134 valence electrons. The van der Waals surface area contributed by atoms with E-state index < -0.39 is 6.10 Å². The molecule has 0 unspecified atom stereocenters. The average Bonchev–Trinajstić information content (AvgIpc) is 2.79. The van der Waals surface area contributed by atoms with Gasteiger partial charge in [0.05, 0.1) is 37.2 Å². The highest BCUT2D eigenvalue weighted by Gasteiger charge is 2.23. The van der Waals surface area contributed by atoms with Crippen LogP contribution in [0.25, 0.3) is 5.69 Å². The number of rotatable bonds is 3. The van der Waals surface area contributed by atoms with E-state index in [1.54, 1.807) is 9.58 Å². The smallest absolute Gasteiger partial charge is 0.323 e. The summed E-state index contributed by atoms with van der Waals surface area (Å²) in [7, 11) is 0. The number of para-hydroxylation sites is 1. The van der Waals surface area contributed by atoms with Gasteiger partial charge in [-0.1, -0.05) is 25.1 Å². The number of carbonyl (C=O) groups is 1. The number of hydrogen-bond acceptors (Lipinski definition) is 4. The van der Waals surface area contributed by atoms with Gasteiger partial charge in [0.25, 0.3) is 0 Å². The number of nitrogens with one attached hydrogen (secondary N) is 1. The van der Waals surface area contributed by atoms with Gasteiger partial charge in [0.15, 0.2) is 0 Å². The Kier molecular flexibility index (Phi) is 5.35. The van der Waals surface area contributed by atoms with E-state index in [-0.39, 0.29) is 19.2 Å². The van der Waals surface area contributed by atoms with Crippen LogP contribution in [0.2, 0.25) is 0 Å². The first-order chi connectivity index (χ1) is 12.1. The number of aromatic nitrogens is 2. The summed E-state index contributed by atoms with van der Waals surface area (Å²) in [5.74, 6) is 0.660. The Hall–Kier alpha value is -2.38. The maximum absolute atomic E-state index is 12.7. The third-order valence-corrected chi connectivity index (χ3v) is 4.32. The first-order valence-electron chi connectivity index (χ1n) is 8.55. The molecule has 1 aliphatic rings. The quantitative estimate of drug-likeness (QED) is 0.892. The van der Waals surface area contributed by atoms with Crippen molar-refractivity contribution in [2.45, 2.75) is 26.4 Å². The van der Waals surface area contributed by atoms with Crippen molar-refractivity contribution in [3.63, 3.8) is 0 Å². The minimum atomic E-state index is -0.667. The van der Waals surface area contributed by atoms with Gasteiger partial charge in [-0.25, -0.2) is 9.48 Å². The SMILES string of the molecule is CCc1nn(-c2ccccc2)c(NC(=O)N2CCOC[C@@H](O)C2)c1C. The molecule has 1 aliphatic heterocycles. The van der Waals surface area contributed by atoms with Crippen molar-refractivity contribution >= 4 is 11.8 Å². The van der Waals surface area contributed by atoms with Crippen molar-refractivity contribution in [1.29, 1.82) is 0 Å². The number of aliphatic hydroxyl groups excluding tert-OH is 1. The normalized spacial score (nSPS) is 18.0. The number of nitrogens with zero attached hydrogens (tertiary/aromatic N) is 3. The van der Waals surface area contributed by atoms with Gasteiger partial charge in [0.2, 0.25) is 0 Å². The fourth-order valence-electron chi connectivity index (χ4n) is 2.94. The summed E-state index contributed by atoms with van der Waals surface area (Å²) in [6.07, 6.45) is 0.115.